The van der Waals surface area contributed by atoms with Crippen LogP contribution in [0, 0.1) is 0 Å². The molecule has 0 bridgehead atoms. The molecule has 6 nitrogen and oxygen atoms in total. The second-order valence-corrected chi connectivity index (χ2v) is 7.65. The van der Waals surface area contributed by atoms with E-state index < -0.39 is 17.1 Å². The first-order valence-electron chi connectivity index (χ1n) is 9.83. The highest BCUT2D eigenvalue weighted by atomic mass is 35.5. The van der Waals surface area contributed by atoms with Gasteiger partial charge in [0.1, 0.15) is 5.56 Å². The number of aromatic nitrogens is 2. The van der Waals surface area contributed by atoms with Gasteiger partial charge in [-0.15, -0.1) is 0 Å². The molecule has 2 N–H and O–H groups in total. The molecule has 1 aliphatic rings. The molecule has 4 aromatic rings. The van der Waals surface area contributed by atoms with E-state index in [4.69, 9.17) is 16.6 Å². The van der Waals surface area contributed by atoms with E-state index >= 15 is 0 Å². The number of hydrogen-bond donors (Lipinski definition) is 2. The summed E-state index contributed by atoms with van der Waals surface area (Å²) in [4.78, 5) is 32.2. The first-order valence-corrected chi connectivity index (χ1v) is 10.2. The molecule has 2 heterocycles. The van der Waals surface area contributed by atoms with Crippen LogP contribution in [0.3, 0.4) is 0 Å². The Morgan fingerprint density at radius 2 is 1.59 bits per heavy atom. The summed E-state index contributed by atoms with van der Waals surface area (Å²) in [6.07, 6.45) is 1.57. The fourth-order valence-corrected chi connectivity index (χ4v) is 3.84. The van der Waals surface area contributed by atoms with Gasteiger partial charge in [0.25, 0.3) is 5.56 Å². The zero-order valence-corrected chi connectivity index (χ0v) is 17.4. The van der Waals surface area contributed by atoms with Crippen LogP contribution < -0.4 is 11.2 Å². The number of para-hydroxylation sites is 1. The first-order chi connectivity index (χ1) is 15.5. The lowest BCUT2D eigenvalue weighted by Gasteiger charge is -2.11. The molecule has 1 aromatic heterocycles. The fourth-order valence-electron chi connectivity index (χ4n) is 3.71. The molecule has 0 amide bonds. The van der Waals surface area contributed by atoms with Gasteiger partial charge in [0.15, 0.2) is 0 Å². The van der Waals surface area contributed by atoms with Crippen LogP contribution in [0.2, 0.25) is 5.02 Å². The van der Waals surface area contributed by atoms with Crippen LogP contribution in [-0.2, 0) is 0 Å². The maximum atomic E-state index is 12.7. The van der Waals surface area contributed by atoms with E-state index in [2.05, 4.69) is 4.98 Å². The monoisotopic (exact) mass is 441 g/mol. The molecule has 7 heteroatoms. The highest BCUT2D eigenvalue weighted by Crippen LogP contribution is 2.38. The molecule has 0 fully saturated rings. The predicted octanol–water partition coefficient (Wildman–Crippen LogP) is 4.56. The zero-order valence-electron chi connectivity index (χ0n) is 16.6. The third-order valence-electron chi connectivity index (χ3n) is 5.22. The molecule has 0 spiro atoms. The Balaban J connectivity index is 1.74. The van der Waals surface area contributed by atoms with Crippen LogP contribution in [0.5, 0.6) is 5.88 Å². The Morgan fingerprint density at radius 1 is 0.906 bits per heavy atom. The molecule has 0 saturated carbocycles. The van der Waals surface area contributed by atoms with Crippen molar-refractivity contribution in [3.05, 3.63) is 121 Å². The van der Waals surface area contributed by atoms with E-state index in [9.17, 15) is 14.7 Å². The summed E-state index contributed by atoms with van der Waals surface area (Å²) in [6, 6.07) is 23.5. The summed E-state index contributed by atoms with van der Waals surface area (Å²) >= 11 is 5.94. The smallest absolute Gasteiger partial charge is 0.335 e. The molecule has 0 radical (unpaired) electrons. The third-order valence-corrected chi connectivity index (χ3v) is 5.48. The first kappa shape index (κ1) is 19.8. The molecular weight excluding hydrogens is 426 g/mol. The lowest BCUT2D eigenvalue weighted by molar-refractivity contribution is 0.429. The SMILES string of the molecule is O=c1[nH]c(=O)n(-c2ccc(Cl)cc2)c(O)c1/C=C1\C(c2ccccc2)=Nc2ccccc21. The number of allylic oxidation sites excluding steroid dienone is 1. The number of aliphatic imine (C=N–C) groups is 1. The van der Waals surface area contributed by atoms with Crippen molar-refractivity contribution in [1.82, 2.24) is 9.55 Å². The standard InChI is InChI=1S/C25H16ClN3O3/c26-16-10-12-17(13-11-16)29-24(31)20(23(30)28-25(29)32)14-19-18-8-4-5-9-21(18)27-22(19)15-6-2-1-3-7-15/h1-14,31H,(H,28,30,32)/b19-14-. The number of aromatic amines is 1. The van der Waals surface area contributed by atoms with Crippen molar-refractivity contribution in [2.45, 2.75) is 0 Å². The Morgan fingerprint density at radius 3 is 2.34 bits per heavy atom. The second-order valence-electron chi connectivity index (χ2n) is 7.21. The average Bonchev–Trinajstić information content (AvgIpc) is 3.17. The van der Waals surface area contributed by atoms with Gasteiger partial charge in [-0.2, -0.15) is 0 Å². The Hall–Kier alpha value is -4.16. The van der Waals surface area contributed by atoms with Crippen LogP contribution in [0.1, 0.15) is 16.7 Å². The highest BCUT2D eigenvalue weighted by Gasteiger charge is 2.24. The van der Waals surface area contributed by atoms with Crippen LogP contribution in [0.25, 0.3) is 17.3 Å². The Kier molecular flexibility index (Phi) is 4.84. The number of benzene rings is 3. The van der Waals surface area contributed by atoms with Gasteiger partial charge in [-0.05, 0) is 36.4 Å². The molecule has 3 aromatic carbocycles. The van der Waals surface area contributed by atoms with E-state index in [1.54, 1.807) is 30.3 Å². The van der Waals surface area contributed by atoms with E-state index in [-0.39, 0.29) is 5.56 Å². The van der Waals surface area contributed by atoms with Gasteiger partial charge in [0.05, 0.1) is 17.1 Å². The predicted molar refractivity (Wildman–Crippen MR) is 126 cm³/mol. The topological polar surface area (TPSA) is 87.5 Å². The van der Waals surface area contributed by atoms with Crippen molar-refractivity contribution in [1.29, 1.82) is 0 Å². The van der Waals surface area contributed by atoms with Crippen molar-refractivity contribution in [3.8, 4) is 11.6 Å². The average molecular weight is 442 g/mol. The van der Waals surface area contributed by atoms with Crippen molar-refractivity contribution < 1.29 is 5.11 Å². The van der Waals surface area contributed by atoms with Gasteiger partial charge in [-0.25, -0.2) is 14.4 Å². The van der Waals surface area contributed by atoms with Crippen LogP contribution in [0.4, 0.5) is 5.69 Å². The maximum Gasteiger partial charge on any atom is 0.335 e. The van der Waals surface area contributed by atoms with Crippen LogP contribution in [-0.4, -0.2) is 20.4 Å². The maximum absolute atomic E-state index is 12.7. The van der Waals surface area contributed by atoms with Crippen molar-refractivity contribution in [2.24, 2.45) is 4.99 Å². The van der Waals surface area contributed by atoms with E-state index in [0.29, 0.717) is 22.0 Å². The number of fused-ring (bicyclic) bond motifs is 1. The largest absolute Gasteiger partial charge is 0.494 e. The fraction of sp³-hybridized carbons (Fsp3) is 0. The summed E-state index contributed by atoms with van der Waals surface area (Å²) in [6.45, 7) is 0. The molecule has 0 aliphatic carbocycles. The Bertz CT molecular complexity index is 1520. The lowest BCUT2D eigenvalue weighted by atomic mass is 9.96. The summed E-state index contributed by atoms with van der Waals surface area (Å²) < 4.78 is 1.03. The quantitative estimate of drug-likeness (QED) is 0.488. The summed E-state index contributed by atoms with van der Waals surface area (Å²) in [7, 11) is 0. The minimum absolute atomic E-state index is 0.0464. The summed E-state index contributed by atoms with van der Waals surface area (Å²) in [5.74, 6) is -0.467. The minimum Gasteiger partial charge on any atom is -0.494 e. The molecule has 1 aliphatic heterocycles. The van der Waals surface area contributed by atoms with Crippen LogP contribution >= 0.6 is 11.6 Å². The van der Waals surface area contributed by atoms with E-state index in [1.807, 2.05) is 54.6 Å². The highest BCUT2D eigenvalue weighted by molar-refractivity contribution is 6.39. The van der Waals surface area contributed by atoms with Crippen LogP contribution in [0.15, 0.2) is 93.4 Å². The Labute approximate surface area is 187 Å². The number of aromatic hydroxyl groups is 1. The number of nitrogens with zero attached hydrogens (tertiary/aromatic N) is 2. The van der Waals surface area contributed by atoms with Gasteiger partial charge in [0.2, 0.25) is 5.88 Å². The number of rotatable bonds is 3. The van der Waals surface area contributed by atoms with Gasteiger partial charge < -0.3 is 5.11 Å². The van der Waals surface area contributed by atoms with E-state index in [1.165, 1.54) is 0 Å². The van der Waals surface area contributed by atoms with Gasteiger partial charge >= 0.3 is 5.69 Å². The third kappa shape index (κ3) is 3.36. The second kappa shape index (κ2) is 7.83. The molecule has 5 rings (SSSR count). The van der Waals surface area contributed by atoms with Gasteiger partial charge in [-0.1, -0.05) is 60.1 Å². The van der Waals surface area contributed by atoms with E-state index in [0.717, 1.165) is 21.4 Å². The van der Waals surface area contributed by atoms with Gasteiger partial charge in [0, 0.05) is 21.7 Å². The van der Waals surface area contributed by atoms with Crippen molar-refractivity contribution in [3.63, 3.8) is 0 Å². The van der Waals surface area contributed by atoms with Crippen molar-refractivity contribution in [2.75, 3.05) is 0 Å². The van der Waals surface area contributed by atoms with Crippen molar-refractivity contribution >= 4 is 34.6 Å². The minimum atomic E-state index is -0.749. The lowest BCUT2D eigenvalue weighted by Crippen LogP contribution is -2.30. The summed E-state index contributed by atoms with van der Waals surface area (Å²) in [5, 5.41) is 11.4. The molecule has 32 heavy (non-hydrogen) atoms. The molecule has 156 valence electrons. The number of halogens is 1. The number of H-pyrrole nitrogens is 1. The van der Waals surface area contributed by atoms with Gasteiger partial charge in [-0.3, -0.25) is 9.78 Å². The molecule has 0 unspecified atom stereocenters. The molecular formula is C25H16ClN3O3. The number of hydrogen-bond acceptors (Lipinski definition) is 4. The summed E-state index contributed by atoms with van der Waals surface area (Å²) in [5.41, 5.74) is 2.70. The normalized spacial score (nSPS) is 13.8. The number of nitrogens with one attached hydrogen (secondary N) is 1. The molecule has 0 atom stereocenters. The zero-order chi connectivity index (χ0) is 22.2. The molecule has 0 saturated heterocycles.